The summed E-state index contributed by atoms with van der Waals surface area (Å²) in [7, 11) is 0. The predicted molar refractivity (Wildman–Crippen MR) is 86.2 cm³/mol. The maximum Gasteiger partial charge on any atom is 0.573 e. The van der Waals surface area contributed by atoms with Crippen LogP contribution in [0.2, 0.25) is 5.02 Å². The van der Waals surface area contributed by atoms with Gasteiger partial charge in [0.1, 0.15) is 11.4 Å². The summed E-state index contributed by atoms with van der Waals surface area (Å²) < 4.78 is 80.7. The maximum atomic E-state index is 13.3. The van der Waals surface area contributed by atoms with Crippen LogP contribution in [0.25, 0.3) is 0 Å². The first-order chi connectivity index (χ1) is 13.2. The summed E-state index contributed by atoms with van der Waals surface area (Å²) in [4.78, 5) is 19.4. The van der Waals surface area contributed by atoms with Gasteiger partial charge in [0.2, 0.25) is 0 Å². The highest BCUT2D eigenvalue weighted by Crippen LogP contribution is 2.45. The van der Waals surface area contributed by atoms with Crippen molar-refractivity contribution in [3.8, 4) is 5.75 Å². The van der Waals surface area contributed by atoms with Gasteiger partial charge in [-0.3, -0.25) is 20.2 Å². The van der Waals surface area contributed by atoms with E-state index >= 15 is 0 Å². The maximum absolute atomic E-state index is 13.3. The third-order valence-electron chi connectivity index (χ3n) is 3.25. The minimum atomic E-state index is -5.29. The lowest BCUT2D eigenvalue weighted by Gasteiger charge is -2.16. The van der Waals surface area contributed by atoms with E-state index in [0.29, 0.717) is 6.07 Å². The zero-order valence-corrected chi connectivity index (χ0v) is 14.2. The number of nitrogens with zero attached hydrogens (tertiary/aromatic N) is 2. The van der Waals surface area contributed by atoms with E-state index in [1.807, 2.05) is 5.32 Å². The number of anilines is 2. The largest absolute Gasteiger partial charge is 0.573 e. The van der Waals surface area contributed by atoms with E-state index < -0.39 is 61.5 Å². The SMILES string of the molecule is O=[N+]([O-])c1cc([N+](=O)[O-])c(Nc2cc(OC(F)(F)F)ccc2Cl)c(C(F)(F)F)c1. The fourth-order valence-corrected chi connectivity index (χ4v) is 2.31. The van der Waals surface area contributed by atoms with Gasteiger partial charge in [0.25, 0.3) is 11.4 Å². The number of halogens is 7. The molecule has 0 aliphatic rings. The number of ether oxygens (including phenoxy) is 1. The average Bonchev–Trinajstić information content (AvgIpc) is 2.55. The second-order valence-electron chi connectivity index (χ2n) is 5.21. The minimum absolute atomic E-state index is 0.0410. The summed E-state index contributed by atoms with van der Waals surface area (Å²) >= 11 is 5.74. The molecule has 0 heterocycles. The first-order valence-electron chi connectivity index (χ1n) is 7.05. The molecule has 0 amide bonds. The third kappa shape index (κ3) is 5.37. The molecule has 0 unspecified atom stereocenters. The molecule has 0 aliphatic heterocycles. The van der Waals surface area contributed by atoms with Gasteiger partial charge in [0, 0.05) is 12.1 Å². The molecule has 15 heteroatoms. The smallest absolute Gasteiger partial charge is 0.406 e. The molecular weight excluding hydrogens is 440 g/mol. The normalized spacial score (nSPS) is 11.8. The summed E-state index contributed by atoms with van der Waals surface area (Å²) in [5, 5.41) is 23.5. The third-order valence-corrected chi connectivity index (χ3v) is 3.58. The monoisotopic (exact) mass is 445 g/mol. The van der Waals surface area contributed by atoms with Crippen LogP contribution in [0.5, 0.6) is 5.75 Å². The van der Waals surface area contributed by atoms with Crippen molar-refractivity contribution in [1.82, 2.24) is 0 Å². The molecule has 0 fully saturated rings. The number of alkyl halides is 6. The Labute approximate surface area is 160 Å². The van der Waals surface area contributed by atoms with Gasteiger partial charge in [0.15, 0.2) is 0 Å². The first kappa shape index (κ1) is 22.0. The quantitative estimate of drug-likeness (QED) is 0.353. The number of nitrogens with one attached hydrogen (secondary N) is 1. The summed E-state index contributed by atoms with van der Waals surface area (Å²) in [5.41, 5.74) is -6.20. The Bertz CT molecular complexity index is 979. The molecule has 2 aromatic rings. The van der Waals surface area contributed by atoms with E-state index in [9.17, 15) is 46.6 Å². The van der Waals surface area contributed by atoms with Crippen LogP contribution in [0, 0.1) is 20.2 Å². The van der Waals surface area contributed by atoms with E-state index in [4.69, 9.17) is 11.6 Å². The highest BCUT2D eigenvalue weighted by Gasteiger charge is 2.40. The van der Waals surface area contributed by atoms with E-state index in [2.05, 4.69) is 4.74 Å². The lowest BCUT2D eigenvalue weighted by Crippen LogP contribution is -2.17. The van der Waals surface area contributed by atoms with Crippen LogP contribution in [0.15, 0.2) is 30.3 Å². The van der Waals surface area contributed by atoms with Gasteiger partial charge in [-0.25, -0.2) is 0 Å². The number of nitro benzene ring substituents is 2. The Morgan fingerprint density at radius 1 is 0.966 bits per heavy atom. The molecule has 156 valence electrons. The van der Waals surface area contributed by atoms with Gasteiger partial charge >= 0.3 is 12.5 Å². The van der Waals surface area contributed by atoms with Crippen molar-refractivity contribution >= 4 is 34.4 Å². The van der Waals surface area contributed by atoms with Gasteiger partial charge < -0.3 is 10.1 Å². The second-order valence-corrected chi connectivity index (χ2v) is 5.62. The highest BCUT2D eigenvalue weighted by molar-refractivity contribution is 6.33. The van der Waals surface area contributed by atoms with Gasteiger partial charge in [-0.05, 0) is 12.1 Å². The fourth-order valence-electron chi connectivity index (χ4n) is 2.15. The summed E-state index contributed by atoms with van der Waals surface area (Å²) in [6, 6.07) is 2.47. The zero-order valence-electron chi connectivity index (χ0n) is 13.5. The van der Waals surface area contributed by atoms with Crippen molar-refractivity contribution in [3.05, 3.63) is 61.1 Å². The Hall–Kier alpha value is -3.29. The van der Waals surface area contributed by atoms with Crippen molar-refractivity contribution in [2.45, 2.75) is 12.5 Å². The first-order valence-corrected chi connectivity index (χ1v) is 7.43. The van der Waals surface area contributed by atoms with E-state index in [-0.39, 0.29) is 12.1 Å². The number of hydrogen-bond acceptors (Lipinski definition) is 6. The minimum Gasteiger partial charge on any atom is -0.406 e. The average molecular weight is 446 g/mol. The van der Waals surface area contributed by atoms with E-state index in [0.717, 1.165) is 12.1 Å². The van der Waals surface area contributed by atoms with Crippen LogP contribution >= 0.6 is 11.6 Å². The predicted octanol–water partition coefficient (Wildman–Crippen LogP) is 5.82. The Kier molecular flexibility index (Phi) is 5.78. The molecule has 0 spiro atoms. The number of non-ortho nitro benzene ring substituents is 1. The van der Waals surface area contributed by atoms with Crippen LogP contribution in [-0.4, -0.2) is 16.2 Å². The summed E-state index contributed by atoms with van der Waals surface area (Å²) in [6.07, 6.45) is -10.4. The van der Waals surface area contributed by atoms with Gasteiger partial charge in [0.05, 0.1) is 32.2 Å². The summed E-state index contributed by atoms with van der Waals surface area (Å²) in [5.74, 6) is -0.873. The molecule has 0 aliphatic carbocycles. The van der Waals surface area contributed by atoms with Crippen LogP contribution in [0.4, 0.5) is 49.1 Å². The van der Waals surface area contributed by atoms with E-state index in [1.54, 1.807) is 0 Å². The molecule has 8 nitrogen and oxygen atoms in total. The number of rotatable bonds is 5. The fraction of sp³-hybridized carbons (Fsp3) is 0.143. The zero-order chi connectivity index (χ0) is 22.1. The Morgan fingerprint density at radius 3 is 2.07 bits per heavy atom. The lowest BCUT2D eigenvalue weighted by atomic mass is 10.1. The van der Waals surface area contributed by atoms with Crippen LogP contribution in [0.3, 0.4) is 0 Å². The highest BCUT2D eigenvalue weighted by atomic mass is 35.5. The van der Waals surface area contributed by atoms with Crippen LogP contribution < -0.4 is 10.1 Å². The van der Waals surface area contributed by atoms with Crippen molar-refractivity contribution in [3.63, 3.8) is 0 Å². The molecule has 0 bridgehead atoms. The van der Waals surface area contributed by atoms with Crippen molar-refractivity contribution in [2.24, 2.45) is 0 Å². The molecule has 0 atom stereocenters. The lowest BCUT2D eigenvalue weighted by molar-refractivity contribution is -0.394. The van der Waals surface area contributed by atoms with Gasteiger partial charge in [-0.2, -0.15) is 13.2 Å². The number of benzene rings is 2. The molecule has 1 N–H and O–H groups in total. The number of hydrogen-bond donors (Lipinski definition) is 1. The molecule has 2 rings (SSSR count). The second kappa shape index (κ2) is 7.62. The molecular formula is C14H6ClF6N3O5. The standard InChI is InChI=1S/C14H6ClF6N3O5/c15-9-2-1-7(29-14(19,20)21)5-10(9)22-12-8(13(16,17)18)3-6(23(25)26)4-11(12)24(27)28/h1-5,22H. The van der Waals surface area contributed by atoms with E-state index in [1.165, 1.54) is 0 Å². The molecule has 29 heavy (non-hydrogen) atoms. The molecule has 0 saturated carbocycles. The van der Waals surface area contributed by atoms with Crippen LogP contribution in [-0.2, 0) is 6.18 Å². The Balaban J connectivity index is 2.67. The van der Waals surface area contributed by atoms with Gasteiger partial charge in [-0.15, -0.1) is 13.2 Å². The van der Waals surface area contributed by atoms with Crippen molar-refractivity contribution in [1.29, 1.82) is 0 Å². The molecule has 0 saturated heterocycles. The van der Waals surface area contributed by atoms with Crippen molar-refractivity contribution in [2.75, 3.05) is 5.32 Å². The molecule has 2 aromatic carbocycles. The number of nitro groups is 2. The topological polar surface area (TPSA) is 108 Å². The van der Waals surface area contributed by atoms with Gasteiger partial charge in [-0.1, -0.05) is 11.6 Å². The Morgan fingerprint density at radius 2 is 1.59 bits per heavy atom. The molecule has 0 aromatic heterocycles. The van der Waals surface area contributed by atoms with Crippen LogP contribution in [0.1, 0.15) is 5.56 Å². The van der Waals surface area contributed by atoms with Crippen molar-refractivity contribution < 1.29 is 40.9 Å². The molecule has 0 radical (unpaired) electrons. The summed E-state index contributed by atoms with van der Waals surface area (Å²) in [6.45, 7) is 0.